The number of nitrogens with one attached hydrogen (secondary N) is 1. The maximum atomic E-state index is 12.4. The van der Waals surface area contributed by atoms with Crippen LogP contribution in [0.2, 0.25) is 0 Å². The maximum Gasteiger partial charge on any atom is 0.335 e. The molecular formula is C17H18N2O5. The fourth-order valence-electron chi connectivity index (χ4n) is 2.10. The zero-order valence-corrected chi connectivity index (χ0v) is 13.6. The van der Waals surface area contributed by atoms with Gasteiger partial charge in [-0.15, -0.1) is 0 Å². The van der Waals surface area contributed by atoms with Crippen LogP contribution in [0.4, 0.5) is 5.69 Å². The average Bonchev–Trinajstić information content (AvgIpc) is 2.50. The van der Waals surface area contributed by atoms with Gasteiger partial charge >= 0.3 is 5.97 Å². The Morgan fingerprint density at radius 3 is 2.54 bits per heavy atom. The zero-order valence-electron chi connectivity index (χ0n) is 13.6. The summed E-state index contributed by atoms with van der Waals surface area (Å²) in [5, 5.41) is 11.7. The van der Waals surface area contributed by atoms with E-state index in [9.17, 15) is 14.4 Å². The lowest BCUT2D eigenvalue weighted by Crippen LogP contribution is -2.25. The van der Waals surface area contributed by atoms with E-state index in [1.54, 1.807) is 0 Å². The molecule has 2 rings (SSSR count). The zero-order chi connectivity index (χ0) is 17.9. The normalized spacial score (nSPS) is 10.5. The molecule has 24 heavy (non-hydrogen) atoms. The highest BCUT2D eigenvalue weighted by atomic mass is 16.5. The molecule has 0 fully saturated rings. The molecule has 0 bridgehead atoms. The van der Waals surface area contributed by atoms with Crippen LogP contribution in [-0.2, 0) is 7.05 Å². The molecule has 0 aliphatic carbocycles. The van der Waals surface area contributed by atoms with E-state index < -0.39 is 11.9 Å². The van der Waals surface area contributed by atoms with Gasteiger partial charge in [0.25, 0.3) is 11.5 Å². The van der Waals surface area contributed by atoms with Crippen molar-refractivity contribution in [3.8, 4) is 5.75 Å². The van der Waals surface area contributed by atoms with Crippen LogP contribution in [0.15, 0.2) is 41.2 Å². The highest BCUT2D eigenvalue weighted by molar-refractivity contribution is 6.04. The third-order valence-electron chi connectivity index (χ3n) is 3.25. The van der Waals surface area contributed by atoms with Crippen LogP contribution in [0.5, 0.6) is 5.75 Å². The van der Waals surface area contributed by atoms with Gasteiger partial charge in [-0.1, -0.05) is 6.07 Å². The Bertz CT molecular complexity index is 839. The van der Waals surface area contributed by atoms with E-state index in [1.165, 1.54) is 48.0 Å². The van der Waals surface area contributed by atoms with E-state index in [1.807, 2.05) is 13.8 Å². The van der Waals surface area contributed by atoms with Crippen molar-refractivity contribution in [2.45, 2.75) is 20.0 Å². The Morgan fingerprint density at radius 2 is 1.92 bits per heavy atom. The van der Waals surface area contributed by atoms with Gasteiger partial charge in [0.2, 0.25) is 0 Å². The minimum atomic E-state index is -1.12. The fourth-order valence-corrected chi connectivity index (χ4v) is 2.10. The molecule has 0 spiro atoms. The van der Waals surface area contributed by atoms with Crippen LogP contribution < -0.4 is 15.6 Å². The number of ether oxygens (including phenoxy) is 1. The van der Waals surface area contributed by atoms with E-state index in [0.29, 0.717) is 5.75 Å². The van der Waals surface area contributed by atoms with Crippen LogP contribution in [0.3, 0.4) is 0 Å². The summed E-state index contributed by atoms with van der Waals surface area (Å²) in [6.45, 7) is 3.63. The number of carboxylic acids is 1. The summed E-state index contributed by atoms with van der Waals surface area (Å²) in [4.78, 5) is 35.2. The number of aromatic carboxylic acids is 1. The lowest BCUT2D eigenvalue weighted by molar-refractivity contribution is 0.0696. The highest BCUT2D eigenvalue weighted by Crippen LogP contribution is 2.27. The lowest BCUT2D eigenvalue weighted by Gasteiger charge is -2.16. The molecule has 0 aliphatic heterocycles. The molecule has 1 aromatic carbocycles. The molecule has 126 valence electrons. The molecule has 0 saturated heterocycles. The van der Waals surface area contributed by atoms with Crippen LogP contribution in [-0.4, -0.2) is 27.7 Å². The second kappa shape index (κ2) is 6.99. The first-order valence-corrected chi connectivity index (χ1v) is 7.31. The summed E-state index contributed by atoms with van der Waals surface area (Å²) in [6.07, 6.45) is -0.155. The predicted molar refractivity (Wildman–Crippen MR) is 88.8 cm³/mol. The molecule has 0 unspecified atom stereocenters. The Morgan fingerprint density at radius 1 is 1.21 bits per heavy atom. The Balaban J connectivity index is 2.40. The molecule has 7 nitrogen and oxygen atoms in total. The highest BCUT2D eigenvalue weighted by Gasteiger charge is 2.16. The van der Waals surface area contributed by atoms with E-state index in [-0.39, 0.29) is 28.6 Å². The first-order chi connectivity index (χ1) is 11.3. The number of benzene rings is 1. The number of rotatable bonds is 5. The fraction of sp³-hybridized carbons (Fsp3) is 0.235. The van der Waals surface area contributed by atoms with Gasteiger partial charge in [0.1, 0.15) is 11.4 Å². The van der Waals surface area contributed by atoms with Crippen molar-refractivity contribution in [1.29, 1.82) is 0 Å². The van der Waals surface area contributed by atoms with Crippen molar-refractivity contribution in [3.05, 3.63) is 58.0 Å². The van der Waals surface area contributed by atoms with Crippen LogP contribution >= 0.6 is 0 Å². The van der Waals surface area contributed by atoms with Gasteiger partial charge in [0, 0.05) is 13.1 Å². The predicted octanol–water partition coefficient (Wildman–Crippen LogP) is 2.12. The molecule has 1 amide bonds. The summed E-state index contributed by atoms with van der Waals surface area (Å²) < 4.78 is 6.80. The van der Waals surface area contributed by atoms with Crippen molar-refractivity contribution in [2.24, 2.45) is 7.05 Å². The van der Waals surface area contributed by atoms with Crippen molar-refractivity contribution < 1.29 is 19.4 Å². The van der Waals surface area contributed by atoms with Crippen molar-refractivity contribution in [3.63, 3.8) is 0 Å². The second-order valence-corrected chi connectivity index (χ2v) is 5.45. The smallest absolute Gasteiger partial charge is 0.335 e. The number of hydrogen-bond donors (Lipinski definition) is 2. The third-order valence-corrected chi connectivity index (χ3v) is 3.25. The second-order valence-electron chi connectivity index (χ2n) is 5.45. The number of amides is 1. The minimum absolute atomic E-state index is 0.0170. The SMILES string of the molecule is CC(C)Oc1ccc(C(=O)O)cc1NC(=O)c1cccc(=O)n1C. The number of hydrogen-bond acceptors (Lipinski definition) is 4. The molecule has 0 atom stereocenters. The molecule has 0 saturated carbocycles. The van der Waals surface area contributed by atoms with E-state index in [0.717, 1.165) is 0 Å². The average molecular weight is 330 g/mol. The van der Waals surface area contributed by atoms with E-state index in [4.69, 9.17) is 9.84 Å². The molecule has 0 radical (unpaired) electrons. The van der Waals surface area contributed by atoms with Gasteiger partial charge in [-0.05, 0) is 38.1 Å². The molecule has 2 aromatic rings. The molecule has 0 aliphatic rings. The van der Waals surface area contributed by atoms with Crippen LogP contribution in [0, 0.1) is 0 Å². The van der Waals surface area contributed by atoms with Crippen molar-refractivity contribution >= 4 is 17.6 Å². The number of aromatic nitrogens is 1. The number of carboxylic acid groups (broad SMARTS) is 1. The lowest BCUT2D eigenvalue weighted by atomic mass is 10.1. The van der Waals surface area contributed by atoms with Crippen molar-refractivity contribution in [1.82, 2.24) is 4.57 Å². The first kappa shape index (κ1) is 17.3. The Kier molecular flexibility index (Phi) is 5.03. The Hall–Kier alpha value is -3.09. The number of pyridine rings is 1. The molecule has 1 heterocycles. The van der Waals surface area contributed by atoms with Crippen LogP contribution in [0.1, 0.15) is 34.7 Å². The standard InChI is InChI=1S/C17H18N2O5/c1-10(2)24-14-8-7-11(17(22)23)9-12(14)18-16(21)13-5-4-6-15(20)19(13)3/h4-10H,1-3H3,(H,18,21)(H,22,23). The van der Waals surface area contributed by atoms with E-state index in [2.05, 4.69) is 5.32 Å². The van der Waals surface area contributed by atoms with Gasteiger partial charge in [-0.25, -0.2) is 4.79 Å². The van der Waals surface area contributed by atoms with Gasteiger partial charge in [0.05, 0.1) is 17.4 Å². The summed E-state index contributed by atoms with van der Waals surface area (Å²) in [5.41, 5.74) is 0.0765. The topological polar surface area (TPSA) is 97.6 Å². The van der Waals surface area contributed by atoms with Gasteiger partial charge in [-0.2, -0.15) is 0 Å². The van der Waals surface area contributed by atoms with Gasteiger partial charge in [0.15, 0.2) is 0 Å². The number of carbonyl (C=O) groups excluding carboxylic acids is 1. The minimum Gasteiger partial charge on any atom is -0.489 e. The van der Waals surface area contributed by atoms with E-state index >= 15 is 0 Å². The van der Waals surface area contributed by atoms with Gasteiger partial charge in [-0.3, -0.25) is 9.59 Å². The molecule has 1 aromatic heterocycles. The summed E-state index contributed by atoms with van der Waals surface area (Å²) in [6, 6.07) is 8.53. The Labute approximate surface area is 138 Å². The van der Waals surface area contributed by atoms with Crippen LogP contribution in [0.25, 0.3) is 0 Å². The maximum absolute atomic E-state index is 12.4. The summed E-state index contributed by atoms with van der Waals surface area (Å²) in [7, 11) is 1.48. The quantitative estimate of drug-likeness (QED) is 0.875. The number of nitrogens with zero attached hydrogens (tertiary/aromatic N) is 1. The summed E-state index contributed by atoms with van der Waals surface area (Å²) >= 11 is 0. The first-order valence-electron chi connectivity index (χ1n) is 7.31. The third kappa shape index (κ3) is 3.81. The molecular weight excluding hydrogens is 312 g/mol. The molecule has 7 heteroatoms. The number of anilines is 1. The summed E-state index contributed by atoms with van der Waals surface area (Å²) in [5.74, 6) is -1.30. The monoisotopic (exact) mass is 330 g/mol. The molecule has 2 N–H and O–H groups in total. The van der Waals surface area contributed by atoms with Gasteiger partial charge < -0.3 is 19.7 Å². The largest absolute Gasteiger partial charge is 0.489 e. The number of carbonyl (C=O) groups is 2. The van der Waals surface area contributed by atoms with Crippen molar-refractivity contribution in [2.75, 3.05) is 5.32 Å².